The van der Waals surface area contributed by atoms with Gasteiger partial charge in [0.1, 0.15) is 0 Å². The van der Waals surface area contributed by atoms with Crippen LogP contribution in [-0.2, 0) is 9.53 Å². The van der Waals surface area contributed by atoms with Crippen molar-refractivity contribution in [2.75, 3.05) is 6.61 Å². The molecule has 0 bridgehead atoms. The van der Waals surface area contributed by atoms with E-state index >= 15 is 0 Å². The normalized spacial score (nSPS) is 11.0. The number of rotatable bonds is 4. The average Bonchev–Trinajstić information content (AvgIpc) is 1.63. The Labute approximate surface area is 55.2 Å². The number of ether oxygens (including phenoxy) is 1. The Hall–Kier alpha value is -0.570. The van der Waals surface area contributed by atoms with Gasteiger partial charge in [-0.25, -0.2) is 0 Å². The molecule has 0 aromatic carbocycles. The number of nitrogens with two attached hydrogens (primary N) is 1. The van der Waals surface area contributed by atoms with Crippen LogP contribution < -0.4 is 5.73 Å². The van der Waals surface area contributed by atoms with E-state index < -0.39 is 0 Å². The standard InChI is InChI=1S/C6H13NO2/c1-6(2,7)3-4-9-5-8/h5H,3-4,7H2,1-2H3. The Morgan fingerprint density at radius 3 is 2.56 bits per heavy atom. The molecule has 0 aliphatic carbocycles. The monoisotopic (exact) mass is 131 g/mol. The van der Waals surface area contributed by atoms with Crippen LogP contribution in [0.2, 0.25) is 0 Å². The first-order valence-electron chi connectivity index (χ1n) is 2.90. The summed E-state index contributed by atoms with van der Waals surface area (Å²) in [4.78, 5) is 9.63. The molecule has 0 saturated carbocycles. The van der Waals surface area contributed by atoms with Gasteiger partial charge in [0.15, 0.2) is 0 Å². The maximum absolute atomic E-state index is 9.63. The molecular weight excluding hydrogens is 118 g/mol. The summed E-state index contributed by atoms with van der Waals surface area (Å²) in [7, 11) is 0. The molecular formula is C6H13NO2. The van der Waals surface area contributed by atoms with E-state index in [0.29, 0.717) is 19.5 Å². The smallest absolute Gasteiger partial charge is 0.293 e. The lowest BCUT2D eigenvalue weighted by Gasteiger charge is -2.16. The van der Waals surface area contributed by atoms with E-state index in [0.717, 1.165) is 0 Å². The average molecular weight is 131 g/mol. The largest absolute Gasteiger partial charge is 0.468 e. The molecule has 0 aromatic rings. The fourth-order valence-electron chi connectivity index (χ4n) is 0.370. The van der Waals surface area contributed by atoms with E-state index in [1.54, 1.807) is 0 Å². The first-order chi connectivity index (χ1) is 4.06. The van der Waals surface area contributed by atoms with Crippen LogP contribution in [0.1, 0.15) is 20.3 Å². The Balaban J connectivity index is 3.17. The van der Waals surface area contributed by atoms with E-state index in [9.17, 15) is 4.79 Å². The van der Waals surface area contributed by atoms with Crippen molar-refractivity contribution >= 4 is 6.47 Å². The first-order valence-corrected chi connectivity index (χ1v) is 2.90. The summed E-state index contributed by atoms with van der Waals surface area (Å²) in [5.74, 6) is 0. The van der Waals surface area contributed by atoms with Crippen LogP contribution in [0.25, 0.3) is 0 Å². The van der Waals surface area contributed by atoms with E-state index in [1.165, 1.54) is 0 Å². The van der Waals surface area contributed by atoms with Crippen LogP contribution in [0.4, 0.5) is 0 Å². The molecule has 0 heterocycles. The van der Waals surface area contributed by atoms with Gasteiger partial charge in [0.2, 0.25) is 0 Å². The van der Waals surface area contributed by atoms with E-state index in [2.05, 4.69) is 4.74 Å². The van der Waals surface area contributed by atoms with Crippen molar-refractivity contribution in [2.24, 2.45) is 5.73 Å². The zero-order valence-electron chi connectivity index (χ0n) is 5.89. The molecule has 0 saturated heterocycles. The van der Waals surface area contributed by atoms with Crippen LogP contribution in [0.5, 0.6) is 0 Å². The molecule has 0 atom stereocenters. The van der Waals surface area contributed by atoms with E-state index in [1.807, 2.05) is 13.8 Å². The molecule has 2 N–H and O–H groups in total. The van der Waals surface area contributed by atoms with Crippen molar-refractivity contribution in [1.82, 2.24) is 0 Å². The van der Waals surface area contributed by atoms with Crippen molar-refractivity contribution in [3.63, 3.8) is 0 Å². The van der Waals surface area contributed by atoms with Gasteiger partial charge in [0, 0.05) is 5.54 Å². The van der Waals surface area contributed by atoms with Crippen LogP contribution in [0.3, 0.4) is 0 Å². The highest BCUT2D eigenvalue weighted by Crippen LogP contribution is 2.01. The molecule has 3 heteroatoms. The molecule has 0 aliphatic heterocycles. The lowest BCUT2D eigenvalue weighted by Crippen LogP contribution is -2.33. The highest BCUT2D eigenvalue weighted by molar-refractivity contribution is 5.36. The molecule has 9 heavy (non-hydrogen) atoms. The van der Waals surface area contributed by atoms with Crippen LogP contribution in [0.15, 0.2) is 0 Å². The zero-order chi connectivity index (χ0) is 7.33. The van der Waals surface area contributed by atoms with Crippen molar-refractivity contribution in [1.29, 1.82) is 0 Å². The van der Waals surface area contributed by atoms with Gasteiger partial charge in [-0.1, -0.05) is 0 Å². The highest BCUT2D eigenvalue weighted by Gasteiger charge is 2.09. The van der Waals surface area contributed by atoms with E-state index in [4.69, 9.17) is 5.73 Å². The fraction of sp³-hybridized carbons (Fsp3) is 0.833. The second-order valence-electron chi connectivity index (χ2n) is 2.71. The summed E-state index contributed by atoms with van der Waals surface area (Å²) in [6.45, 7) is 4.63. The molecule has 0 unspecified atom stereocenters. The summed E-state index contributed by atoms with van der Waals surface area (Å²) in [6, 6.07) is 0. The quantitative estimate of drug-likeness (QED) is 0.440. The van der Waals surface area contributed by atoms with Crippen molar-refractivity contribution in [3.8, 4) is 0 Å². The Bertz CT molecular complexity index is 85.5. The van der Waals surface area contributed by atoms with Gasteiger partial charge < -0.3 is 10.5 Å². The highest BCUT2D eigenvalue weighted by atomic mass is 16.5. The molecule has 0 amide bonds. The van der Waals surface area contributed by atoms with Gasteiger partial charge in [-0.15, -0.1) is 0 Å². The third kappa shape index (κ3) is 7.43. The topological polar surface area (TPSA) is 52.3 Å². The predicted octanol–water partition coefficient (Wildman–Crippen LogP) is 0.287. The summed E-state index contributed by atoms with van der Waals surface area (Å²) >= 11 is 0. The molecule has 0 aliphatic rings. The van der Waals surface area contributed by atoms with Crippen LogP contribution in [0, 0.1) is 0 Å². The summed E-state index contributed by atoms with van der Waals surface area (Å²) in [5, 5.41) is 0. The summed E-state index contributed by atoms with van der Waals surface area (Å²) < 4.78 is 4.45. The predicted molar refractivity (Wildman–Crippen MR) is 34.9 cm³/mol. The maximum Gasteiger partial charge on any atom is 0.293 e. The van der Waals surface area contributed by atoms with Gasteiger partial charge >= 0.3 is 0 Å². The third-order valence-electron chi connectivity index (χ3n) is 0.932. The number of hydrogen-bond donors (Lipinski definition) is 1. The minimum atomic E-state index is -0.233. The fourth-order valence-corrected chi connectivity index (χ4v) is 0.370. The molecule has 0 fully saturated rings. The summed E-state index contributed by atoms with van der Waals surface area (Å²) in [6.07, 6.45) is 0.700. The second-order valence-corrected chi connectivity index (χ2v) is 2.71. The molecule has 54 valence electrons. The van der Waals surface area contributed by atoms with E-state index in [-0.39, 0.29) is 5.54 Å². The number of hydrogen-bond acceptors (Lipinski definition) is 3. The maximum atomic E-state index is 9.63. The third-order valence-corrected chi connectivity index (χ3v) is 0.932. The second kappa shape index (κ2) is 3.45. The Morgan fingerprint density at radius 2 is 2.22 bits per heavy atom. The van der Waals surface area contributed by atoms with Crippen molar-refractivity contribution in [2.45, 2.75) is 25.8 Å². The SMILES string of the molecule is CC(C)(N)CCOC=O. The van der Waals surface area contributed by atoms with Gasteiger partial charge in [-0.05, 0) is 20.3 Å². The molecule has 0 radical (unpaired) electrons. The van der Waals surface area contributed by atoms with Gasteiger partial charge in [0.05, 0.1) is 6.61 Å². The summed E-state index contributed by atoms with van der Waals surface area (Å²) in [5.41, 5.74) is 5.35. The van der Waals surface area contributed by atoms with Crippen molar-refractivity contribution in [3.05, 3.63) is 0 Å². The minimum Gasteiger partial charge on any atom is -0.468 e. The lowest BCUT2D eigenvalue weighted by molar-refractivity contribution is -0.129. The lowest BCUT2D eigenvalue weighted by atomic mass is 10.0. The van der Waals surface area contributed by atoms with Gasteiger partial charge in [-0.2, -0.15) is 0 Å². The van der Waals surface area contributed by atoms with Gasteiger partial charge in [0.25, 0.3) is 6.47 Å². The van der Waals surface area contributed by atoms with Crippen LogP contribution >= 0.6 is 0 Å². The zero-order valence-corrected chi connectivity index (χ0v) is 5.89. The molecule has 0 spiro atoms. The van der Waals surface area contributed by atoms with Crippen molar-refractivity contribution < 1.29 is 9.53 Å². The Morgan fingerprint density at radius 1 is 1.67 bits per heavy atom. The first kappa shape index (κ1) is 8.43. The number of carbonyl (C=O) groups is 1. The minimum absolute atomic E-state index is 0.233. The Kier molecular flexibility index (Phi) is 3.24. The molecule has 3 nitrogen and oxygen atoms in total. The number of carbonyl (C=O) groups excluding carboxylic acids is 1. The molecule has 0 aromatic heterocycles. The van der Waals surface area contributed by atoms with Gasteiger partial charge in [-0.3, -0.25) is 4.79 Å². The van der Waals surface area contributed by atoms with Crippen LogP contribution in [-0.4, -0.2) is 18.6 Å². The molecule has 0 rings (SSSR count).